The predicted octanol–water partition coefficient (Wildman–Crippen LogP) is 2.00. The Bertz CT molecular complexity index is 395. The first-order chi connectivity index (χ1) is 8.07. The van der Waals surface area contributed by atoms with Crippen molar-refractivity contribution in [3.05, 3.63) is 29.6 Å². The molecule has 4 nitrogen and oxygen atoms in total. The van der Waals surface area contributed by atoms with Crippen LogP contribution in [0.25, 0.3) is 0 Å². The van der Waals surface area contributed by atoms with Crippen LogP contribution in [-0.2, 0) is 4.74 Å². The lowest BCUT2D eigenvalue weighted by atomic mass is 10.1. The first kappa shape index (κ1) is 13.4. The van der Waals surface area contributed by atoms with Crippen molar-refractivity contribution in [1.29, 1.82) is 0 Å². The average Bonchev–Trinajstić information content (AvgIpc) is 2.28. The summed E-state index contributed by atoms with van der Waals surface area (Å²) in [4.78, 5) is 12.6. The first-order valence-corrected chi connectivity index (χ1v) is 5.38. The van der Waals surface area contributed by atoms with Crippen molar-refractivity contribution in [3.63, 3.8) is 0 Å². The van der Waals surface area contributed by atoms with E-state index in [1.807, 2.05) is 6.92 Å². The van der Waals surface area contributed by atoms with Gasteiger partial charge in [0.15, 0.2) is 0 Å². The van der Waals surface area contributed by atoms with E-state index in [1.165, 1.54) is 6.07 Å². The molecule has 0 aliphatic rings. The van der Waals surface area contributed by atoms with E-state index in [1.54, 1.807) is 18.0 Å². The maximum atomic E-state index is 13.4. The van der Waals surface area contributed by atoms with Gasteiger partial charge in [-0.2, -0.15) is 0 Å². The zero-order chi connectivity index (χ0) is 12.8. The molecule has 0 amide bonds. The molecule has 0 aliphatic heterocycles. The van der Waals surface area contributed by atoms with E-state index in [-0.39, 0.29) is 5.56 Å². The van der Waals surface area contributed by atoms with E-state index in [4.69, 9.17) is 9.84 Å². The van der Waals surface area contributed by atoms with Crippen molar-refractivity contribution >= 4 is 11.7 Å². The molecule has 0 heterocycles. The van der Waals surface area contributed by atoms with Gasteiger partial charge in [0, 0.05) is 20.2 Å². The van der Waals surface area contributed by atoms with E-state index in [9.17, 15) is 9.18 Å². The van der Waals surface area contributed by atoms with Gasteiger partial charge in [0.25, 0.3) is 0 Å². The Balaban J connectivity index is 2.89. The van der Waals surface area contributed by atoms with Crippen LogP contribution in [0.2, 0.25) is 0 Å². The summed E-state index contributed by atoms with van der Waals surface area (Å²) < 4.78 is 18.6. The number of hydrogen-bond acceptors (Lipinski definition) is 3. The van der Waals surface area contributed by atoms with Gasteiger partial charge >= 0.3 is 5.97 Å². The standard InChI is InChI=1S/C12H16FNO3/c1-3-17-8-7-14(2)10-6-4-5-9(13)11(10)12(15)16/h4-6H,3,7-8H2,1-2H3,(H,15,16). The second-order valence-corrected chi connectivity index (χ2v) is 3.56. The predicted molar refractivity (Wildman–Crippen MR) is 63.1 cm³/mol. The van der Waals surface area contributed by atoms with Crippen LogP contribution >= 0.6 is 0 Å². The van der Waals surface area contributed by atoms with Gasteiger partial charge in [0.2, 0.25) is 0 Å². The normalized spacial score (nSPS) is 10.3. The molecule has 17 heavy (non-hydrogen) atoms. The summed E-state index contributed by atoms with van der Waals surface area (Å²) >= 11 is 0. The molecule has 0 fully saturated rings. The van der Waals surface area contributed by atoms with Crippen molar-refractivity contribution in [2.45, 2.75) is 6.92 Å². The van der Waals surface area contributed by atoms with Gasteiger partial charge in [-0.25, -0.2) is 9.18 Å². The Morgan fingerprint density at radius 2 is 2.24 bits per heavy atom. The third-order valence-corrected chi connectivity index (χ3v) is 2.39. The van der Waals surface area contributed by atoms with Gasteiger partial charge in [0.05, 0.1) is 12.3 Å². The molecule has 0 aromatic heterocycles. The van der Waals surface area contributed by atoms with Gasteiger partial charge in [-0.3, -0.25) is 0 Å². The summed E-state index contributed by atoms with van der Waals surface area (Å²) in [6.45, 7) is 3.47. The molecule has 0 saturated heterocycles. The molecule has 1 N–H and O–H groups in total. The Kier molecular flexibility index (Phi) is 4.90. The van der Waals surface area contributed by atoms with E-state index in [0.29, 0.717) is 25.4 Å². The highest BCUT2D eigenvalue weighted by Crippen LogP contribution is 2.22. The molecule has 94 valence electrons. The molecule has 5 heteroatoms. The topological polar surface area (TPSA) is 49.8 Å². The molecule has 1 aromatic carbocycles. The Morgan fingerprint density at radius 1 is 1.53 bits per heavy atom. The summed E-state index contributed by atoms with van der Waals surface area (Å²) in [5.41, 5.74) is 0.0590. The number of aromatic carboxylic acids is 1. The number of halogens is 1. The lowest BCUT2D eigenvalue weighted by molar-refractivity contribution is 0.0692. The lowest BCUT2D eigenvalue weighted by Gasteiger charge is -2.21. The molecule has 0 atom stereocenters. The quantitative estimate of drug-likeness (QED) is 0.774. The van der Waals surface area contributed by atoms with E-state index >= 15 is 0 Å². The van der Waals surface area contributed by atoms with E-state index in [2.05, 4.69) is 0 Å². The van der Waals surface area contributed by atoms with Crippen molar-refractivity contribution in [2.24, 2.45) is 0 Å². The lowest BCUT2D eigenvalue weighted by Crippen LogP contribution is -2.25. The van der Waals surface area contributed by atoms with Crippen molar-refractivity contribution in [2.75, 3.05) is 31.7 Å². The number of benzene rings is 1. The number of rotatable bonds is 6. The molecule has 0 saturated carbocycles. The van der Waals surface area contributed by atoms with Gasteiger partial charge in [0.1, 0.15) is 11.4 Å². The summed E-state index contributed by atoms with van der Waals surface area (Å²) in [5.74, 6) is -1.99. The number of nitrogens with zero attached hydrogens (tertiary/aromatic N) is 1. The number of ether oxygens (including phenoxy) is 1. The summed E-state index contributed by atoms with van der Waals surface area (Å²) in [5, 5.41) is 8.97. The van der Waals surface area contributed by atoms with Crippen LogP contribution in [0.15, 0.2) is 18.2 Å². The molecule has 1 rings (SSSR count). The molecular weight excluding hydrogens is 225 g/mol. The third kappa shape index (κ3) is 3.42. The number of likely N-dealkylation sites (N-methyl/N-ethyl adjacent to an activating group) is 1. The Labute approximate surface area is 99.6 Å². The van der Waals surface area contributed by atoms with Crippen LogP contribution in [0, 0.1) is 5.82 Å². The van der Waals surface area contributed by atoms with Gasteiger partial charge < -0.3 is 14.7 Å². The molecule has 0 bridgehead atoms. The second-order valence-electron chi connectivity index (χ2n) is 3.56. The SMILES string of the molecule is CCOCCN(C)c1cccc(F)c1C(=O)O. The first-order valence-electron chi connectivity index (χ1n) is 5.38. The molecule has 0 unspecified atom stereocenters. The highest BCUT2D eigenvalue weighted by Gasteiger charge is 2.17. The van der Waals surface area contributed by atoms with Gasteiger partial charge in [-0.15, -0.1) is 0 Å². The highest BCUT2D eigenvalue weighted by atomic mass is 19.1. The minimum absolute atomic E-state index is 0.300. The number of anilines is 1. The van der Waals surface area contributed by atoms with Crippen LogP contribution in [0.3, 0.4) is 0 Å². The molecule has 0 spiro atoms. The van der Waals surface area contributed by atoms with Crippen molar-refractivity contribution in [1.82, 2.24) is 0 Å². The number of carboxylic acid groups (broad SMARTS) is 1. The highest BCUT2D eigenvalue weighted by molar-refractivity contribution is 5.94. The van der Waals surface area contributed by atoms with Crippen LogP contribution < -0.4 is 4.90 Å². The van der Waals surface area contributed by atoms with Crippen LogP contribution in [-0.4, -0.2) is 37.9 Å². The second kappa shape index (κ2) is 6.20. The fraction of sp³-hybridized carbons (Fsp3) is 0.417. The zero-order valence-corrected chi connectivity index (χ0v) is 9.94. The Hall–Kier alpha value is -1.62. The number of hydrogen-bond donors (Lipinski definition) is 1. The summed E-state index contributed by atoms with van der Waals surface area (Å²) in [6.07, 6.45) is 0. The van der Waals surface area contributed by atoms with Gasteiger partial charge in [-0.1, -0.05) is 6.07 Å². The smallest absolute Gasteiger partial charge is 0.340 e. The van der Waals surface area contributed by atoms with Gasteiger partial charge in [-0.05, 0) is 19.1 Å². The zero-order valence-electron chi connectivity index (χ0n) is 9.94. The van der Waals surface area contributed by atoms with Crippen LogP contribution in [0.5, 0.6) is 0 Å². The summed E-state index contributed by atoms with van der Waals surface area (Å²) in [7, 11) is 1.71. The third-order valence-electron chi connectivity index (χ3n) is 2.39. The minimum Gasteiger partial charge on any atom is -0.478 e. The van der Waals surface area contributed by atoms with Crippen molar-refractivity contribution in [3.8, 4) is 0 Å². The van der Waals surface area contributed by atoms with Crippen molar-refractivity contribution < 1.29 is 19.0 Å². The van der Waals surface area contributed by atoms with E-state index in [0.717, 1.165) is 6.07 Å². The number of carboxylic acids is 1. The van der Waals surface area contributed by atoms with E-state index < -0.39 is 11.8 Å². The van der Waals surface area contributed by atoms with Crippen LogP contribution in [0.1, 0.15) is 17.3 Å². The maximum absolute atomic E-state index is 13.4. The summed E-state index contributed by atoms with van der Waals surface area (Å²) in [6, 6.07) is 4.22. The molecule has 0 radical (unpaired) electrons. The molecular formula is C12H16FNO3. The molecule has 0 aliphatic carbocycles. The monoisotopic (exact) mass is 241 g/mol. The largest absolute Gasteiger partial charge is 0.478 e. The van der Waals surface area contributed by atoms with Crippen LogP contribution in [0.4, 0.5) is 10.1 Å². The fourth-order valence-electron chi connectivity index (χ4n) is 1.51. The number of carbonyl (C=O) groups is 1. The average molecular weight is 241 g/mol. The Morgan fingerprint density at radius 3 is 2.82 bits per heavy atom. The maximum Gasteiger partial charge on any atom is 0.340 e. The minimum atomic E-state index is -1.26. The fourth-order valence-corrected chi connectivity index (χ4v) is 1.51. The molecule has 1 aromatic rings.